The highest BCUT2D eigenvalue weighted by Gasteiger charge is 2.04. The Hall–Kier alpha value is -1.69. The molecular weight excluding hydrogens is 270 g/mol. The second-order valence-electron chi connectivity index (χ2n) is 3.12. The molecule has 0 atom stereocenters. The van der Waals surface area contributed by atoms with E-state index in [4.69, 9.17) is 5.41 Å². The van der Waals surface area contributed by atoms with Crippen LogP contribution in [0.5, 0.6) is 0 Å². The first-order valence-electron chi connectivity index (χ1n) is 4.63. The SMILES string of the molecule is CN/C=C(\C=N)c1cc2ncc(Br)n2cn1. The maximum atomic E-state index is 7.30. The zero-order valence-corrected chi connectivity index (χ0v) is 10.2. The van der Waals surface area contributed by atoms with Crippen LogP contribution in [-0.4, -0.2) is 27.6 Å². The summed E-state index contributed by atoms with van der Waals surface area (Å²) >= 11 is 3.36. The molecule has 0 aromatic carbocycles. The minimum absolute atomic E-state index is 0.712. The van der Waals surface area contributed by atoms with E-state index in [9.17, 15) is 0 Å². The highest BCUT2D eigenvalue weighted by molar-refractivity contribution is 9.10. The lowest BCUT2D eigenvalue weighted by Gasteiger charge is -2.01. The van der Waals surface area contributed by atoms with Gasteiger partial charge in [-0.25, -0.2) is 9.97 Å². The molecule has 2 N–H and O–H groups in total. The molecule has 2 rings (SSSR count). The van der Waals surface area contributed by atoms with Crippen LogP contribution in [0.25, 0.3) is 11.2 Å². The molecule has 16 heavy (non-hydrogen) atoms. The van der Waals surface area contributed by atoms with Crippen LogP contribution in [-0.2, 0) is 0 Å². The van der Waals surface area contributed by atoms with Gasteiger partial charge in [-0.2, -0.15) is 0 Å². The smallest absolute Gasteiger partial charge is 0.140 e. The number of rotatable bonds is 3. The van der Waals surface area contributed by atoms with E-state index in [1.165, 1.54) is 6.21 Å². The number of nitrogens with one attached hydrogen (secondary N) is 2. The van der Waals surface area contributed by atoms with Gasteiger partial charge >= 0.3 is 0 Å². The number of nitrogens with zero attached hydrogens (tertiary/aromatic N) is 3. The summed E-state index contributed by atoms with van der Waals surface area (Å²) in [4.78, 5) is 8.47. The molecule has 0 aliphatic carbocycles. The van der Waals surface area contributed by atoms with Crippen LogP contribution in [0.3, 0.4) is 0 Å². The van der Waals surface area contributed by atoms with Gasteiger partial charge in [0.15, 0.2) is 0 Å². The standard InChI is InChI=1S/C10H10BrN5/c1-13-4-7(3-12)8-2-10-14-5-9(11)16(10)6-15-8/h2-6,12-13H,1H3/b7-4+,12-3?. The summed E-state index contributed by atoms with van der Waals surface area (Å²) in [5.74, 6) is 0. The number of hydrogen-bond donors (Lipinski definition) is 2. The third kappa shape index (κ3) is 1.83. The van der Waals surface area contributed by atoms with E-state index < -0.39 is 0 Å². The van der Waals surface area contributed by atoms with E-state index in [-0.39, 0.29) is 0 Å². The normalized spacial score (nSPS) is 11.8. The van der Waals surface area contributed by atoms with Crippen molar-refractivity contribution in [3.63, 3.8) is 0 Å². The quantitative estimate of drug-likeness (QED) is 0.841. The Morgan fingerprint density at radius 2 is 2.38 bits per heavy atom. The largest absolute Gasteiger partial charge is 0.393 e. The van der Waals surface area contributed by atoms with E-state index >= 15 is 0 Å². The average molecular weight is 280 g/mol. The summed E-state index contributed by atoms with van der Waals surface area (Å²) in [6.45, 7) is 0. The maximum Gasteiger partial charge on any atom is 0.140 e. The van der Waals surface area contributed by atoms with Crippen LogP contribution in [0, 0.1) is 5.41 Å². The second-order valence-corrected chi connectivity index (χ2v) is 3.93. The number of halogens is 1. The molecular formula is C10H10BrN5. The number of hydrogen-bond acceptors (Lipinski definition) is 4. The van der Waals surface area contributed by atoms with Gasteiger partial charge in [-0.1, -0.05) is 0 Å². The molecule has 0 saturated carbocycles. The molecule has 0 aliphatic heterocycles. The Balaban J connectivity index is 2.54. The molecule has 0 radical (unpaired) electrons. The fourth-order valence-electron chi connectivity index (χ4n) is 1.36. The Morgan fingerprint density at radius 1 is 1.56 bits per heavy atom. The lowest BCUT2D eigenvalue weighted by atomic mass is 10.2. The van der Waals surface area contributed by atoms with Crippen molar-refractivity contribution in [1.29, 1.82) is 5.41 Å². The predicted molar refractivity (Wildman–Crippen MR) is 66.5 cm³/mol. The maximum absolute atomic E-state index is 7.30. The average Bonchev–Trinajstić information content (AvgIpc) is 2.67. The van der Waals surface area contributed by atoms with Crippen LogP contribution in [0.15, 0.2) is 29.4 Å². The van der Waals surface area contributed by atoms with E-state index in [2.05, 4.69) is 31.2 Å². The zero-order valence-electron chi connectivity index (χ0n) is 8.61. The van der Waals surface area contributed by atoms with E-state index in [1.54, 1.807) is 25.8 Å². The summed E-state index contributed by atoms with van der Waals surface area (Å²) in [5, 5.41) is 10.2. The van der Waals surface area contributed by atoms with E-state index in [1.807, 2.05) is 10.5 Å². The monoisotopic (exact) mass is 279 g/mol. The van der Waals surface area contributed by atoms with Gasteiger partial charge in [0.1, 0.15) is 16.6 Å². The first kappa shape index (κ1) is 10.8. The Morgan fingerprint density at radius 3 is 3.06 bits per heavy atom. The molecule has 0 unspecified atom stereocenters. The van der Waals surface area contributed by atoms with Crippen molar-refractivity contribution in [2.75, 3.05) is 7.05 Å². The Kier molecular flexibility index (Phi) is 3.00. The van der Waals surface area contributed by atoms with Gasteiger partial charge < -0.3 is 10.7 Å². The second kappa shape index (κ2) is 4.44. The molecule has 2 aromatic rings. The molecule has 0 aliphatic rings. The lowest BCUT2D eigenvalue weighted by molar-refractivity contribution is 1.05. The highest BCUT2D eigenvalue weighted by atomic mass is 79.9. The molecule has 82 valence electrons. The fraction of sp³-hybridized carbons (Fsp3) is 0.100. The van der Waals surface area contributed by atoms with Gasteiger partial charge in [-0.05, 0) is 15.9 Å². The van der Waals surface area contributed by atoms with Crippen molar-refractivity contribution in [2.45, 2.75) is 0 Å². The number of aromatic nitrogens is 3. The van der Waals surface area contributed by atoms with Crippen molar-refractivity contribution >= 4 is 33.4 Å². The molecule has 2 aromatic heterocycles. The van der Waals surface area contributed by atoms with Crippen molar-refractivity contribution in [2.24, 2.45) is 0 Å². The van der Waals surface area contributed by atoms with Gasteiger partial charge in [0, 0.05) is 31.1 Å². The topological polar surface area (TPSA) is 66.1 Å². The molecule has 0 spiro atoms. The third-order valence-corrected chi connectivity index (χ3v) is 2.70. The molecule has 2 heterocycles. The molecule has 5 nitrogen and oxygen atoms in total. The Bertz CT molecular complexity index is 557. The zero-order chi connectivity index (χ0) is 11.5. The van der Waals surface area contributed by atoms with Crippen LogP contribution in [0.1, 0.15) is 5.69 Å². The van der Waals surface area contributed by atoms with Crippen LogP contribution in [0.2, 0.25) is 0 Å². The summed E-state index contributed by atoms with van der Waals surface area (Å²) in [6, 6.07) is 1.83. The van der Waals surface area contributed by atoms with Gasteiger partial charge in [0.25, 0.3) is 0 Å². The summed E-state index contributed by atoms with van der Waals surface area (Å²) < 4.78 is 2.68. The Labute approximate surface area is 101 Å². The number of imidazole rings is 1. The van der Waals surface area contributed by atoms with Crippen LogP contribution >= 0.6 is 15.9 Å². The van der Waals surface area contributed by atoms with Crippen LogP contribution in [0.4, 0.5) is 0 Å². The van der Waals surface area contributed by atoms with Gasteiger partial charge in [-0.3, -0.25) is 4.40 Å². The predicted octanol–water partition coefficient (Wildman–Crippen LogP) is 1.70. The van der Waals surface area contributed by atoms with E-state index in [0.29, 0.717) is 5.57 Å². The lowest BCUT2D eigenvalue weighted by Crippen LogP contribution is -2.00. The number of allylic oxidation sites excluding steroid dienone is 1. The molecule has 0 bridgehead atoms. The minimum Gasteiger partial charge on any atom is -0.393 e. The van der Waals surface area contributed by atoms with E-state index in [0.717, 1.165) is 15.9 Å². The molecule has 0 amide bonds. The summed E-state index contributed by atoms with van der Waals surface area (Å²) in [5.41, 5.74) is 2.22. The first-order chi connectivity index (χ1) is 7.76. The van der Waals surface area contributed by atoms with Crippen molar-refractivity contribution in [3.05, 3.63) is 35.1 Å². The van der Waals surface area contributed by atoms with Crippen molar-refractivity contribution in [3.8, 4) is 0 Å². The highest BCUT2D eigenvalue weighted by Crippen LogP contribution is 2.15. The number of fused-ring (bicyclic) bond motifs is 1. The van der Waals surface area contributed by atoms with Gasteiger partial charge in [0.05, 0.1) is 11.9 Å². The molecule has 0 fully saturated rings. The van der Waals surface area contributed by atoms with Gasteiger partial charge in [-0.15, -0.1) is 0 Å². The summed E-state index contributed by atoms with van der Waals surface area (Å²) in [6.07, 6.45) is 6.37. The van der Waals surface area contributed by atoms with Crippen molar-refractivity contribution in [1.82, 2.24) is 19.7 Å². The first-order valence-corrected chi connectivity index (χ1v) is 5.42. The summed E-state index contributed by atoms with van der Waals surface area (Å²) in [7, 11) is 1.79. The molecule has 6 heteroatoms. The van der Waals surface area contributed by atoms with Crippen LogP contribution < -0.4 is 5.32 Å². The fourth-order valence-corrected chi connectivity index (χ4v) is 1.73. The van der Waals surface area contributed by atoms with Gasteiger partial charge in [0.2, 0.25) is 0 Å². The minimum atomic E-state index is 0.712. The molecule has 0 saturated heterocycles. The third-order valence-electron chi connectivity index (χ3n) is 2.11. The van der Waals surface area contributed by atoms with Crippen molar-refractivity contribution < 1.29 is 0 Å².